The van der Waals surface area contributed by atoms with Crippen molar-refractivity contribution in [3.05, 3.63) is 64.7 Å². The Morgan fingerprint density at radius 3 is 2.70 bits per heavy atom. The second-order valence-corrected chi connectivity index (χ2v) is 10.0. The summed E-state index contributed by atoms with van der Waals surface area (Å²) in [6.45, 7) is 4.25. The second kappa shape index (κ2) is 9.79. The third-order valence-corrected chi connectivity index (χ3v) is 8.08. The highest BCUT2D eigenvalue weighted by Gasteiger charge is 2.45. The van der Waals surface area contributed by atoms with Crippen LogP contribution in [0.15, 0.2) is 47.5 Å². The van der Waals surface area contributed by atoms with Gasteiger partial charge in [0.1, 0.15) is 18.5 Å². The molecule has 0 radical (unpaired) electrons. The first-order valence-corrected chi connectivity index (χ1v) is 12.8. The van der Waals surface area contributed by atoms with Crippen LogP contribution in [-0.4, -0.2) is 59.2 Å². The first-order chi connectivity index (χ1) is 17.8. The molecule has 1 unspecified atom stereocenters. The van der Waals surface area contributed by atoms with Gasteiger partial charge in [-0.05, 0) is 42.2 Å². The maximum absolute atomic E-state index is 13.5. The van der Waals surface area contributed by atoms with Gasteiger partial charge in [0.2, 0.25) is 5.91 Å². The van der Waals surface area contributed by atoms with E-state index in [1.54, 1.807) is 25.3 Å². The number of carbonyl (C=O) groups excluding carboxylic acids is 2. The van der Waals surface area contributed by atoms with Crippen molar-refractivity contribution in [2.45, 2.75) is 69.4 Å². The largest absolute Gasteiger partial charge is 0.490 e. The molecule has 0 spiro atoms. The molecule has 1 aliphatic carbocycles. The number of ether oxygens (including phenoxy) is 2. The number of hydrogen-bond donors (Lipinski definition) is 3. The van der Waals surface area contributed by atoms with Crippen molar-refractivity contribution in [1.82, 2.24) is 10.2 Å². The molecule has 0 bridgehead atoms. The number of aliphatic hydroxyl groups is 1. The lowest BCUT2D eigenvalue weighted by Gasteiger charge is -2.44. The topological polar surface area (TPSA) is 126 Å². The summed E-state index contributed by atoms with van der Waals surface area (Å²) < 4.78 is 11.6. The van der Waals surface area contributed by atoms with Gasteiger partial charge in [-0.2, -0.15) is 0 Å². The molecular formula is C28H34N4O5. The molecular weight excluding hydrogens is 472 g/mol. The molecule has 2 aromatic rings. The molecule has 4 N–H and O–H groups in total. The quantitative estimate of drug-likeness (QED) is 0.553. The van der Waals surface area contributed by atoms with Gasteiger partial charge in [0.05, 0.1) is 30.1 Å². The van der Waals surface area contributed by atoms with E-state index in [4.69, 9.17) is 20.2 Å². The van der Waals surface area contributed by atoms with Gasteiger partial charge < -0.3 is 25.6 Å². The standard InChI is InChI=1S/C28H34N4O5/c1-4-28(5-2)14-23(34)32(27(29)31-28)25-19-12-17(10-11-21(19)37-15-22(25)36-3)26(35)30-24-18-9-7-6-8-16(18)13-20(24)33/h6-12,20,22,24-25,33H,4-5,13-15H2,1-3H3,(H2,29,31)(H,30,35)/t20-,22?,24-,25+/m1/s1. The van der Waals surface area contributed by atoms with Crippen molar-refractivity contribution in [3.63, 3.8) is 0 Å². The zero-order valence-corrected chi connectivity index (χ0v) is 21.4. The van der Waals surface area contributed by atoms with Crippen molar-refractivity contribution in [1.29, 1.82) is 0 Å². The number of fused-ring (bicyclic) bond motifs is 2. The molecule has 2 aromatic carbocycles. The summed E-state index contributed by atoms with van der Waals surface area (Å²) in [6.07, 6.45) is 0.965. The van der Waals surface area contributed by atoms with Crippen LogP contribution in [0.5, 0.6) is 5.75 Å². The molecule has 9 heteroatoms. The van der Waals surface area contributed by atoms with Gasteiger partial charge in [-0.3, -0.25) is 14.5 Å². The van der Waals surface area contributed by atoms with Gasteiger partial charge in [-0.15, -0.1) is 0 Å². The summed E-state index contributed by atoms with van der Waals surface area (Å²) in [5, 5.41) is 13.6. The van der Waals surface area contributed by atoms with E-state index in [-0.39, 0.29) is 30.8 Å². The number of amides is 2. The number of benzene rings is 2. The Balaban J connectivity index is 1.48. The van der Waals surface area contributed by atoms with Crippen LogP contribution in [0.4, 0.5) is 0 Å². The fourth-order valence-electron chi connectivity index (χ4n) is 5.78. The first-order valence-electron chi connectivity index (χ1n) is 12.8. The van der Waals surface area contributed by atoms with Crippen molar-refractivity contribution >= 4 is 17.8 Å². The Hall–Kier alpha value is -3.43. The molecule has 2 aliphatic heterocycles. The molecule has 0 aromatic heterocycles. The number of aliphatic imine (C=N–C) groups is 1. The third kappa shape index (κ3) is 4.36. The van der Waals surface area contributed by atoms with E-state index in [0.29, 0.717) is 36.1 Å². The summed E-state index contributed by atoms with van der Waals surface area (Å²) in [4.78, 5) is 33.1. The smallest absolute Gasteiger partial charge is 0.251 e. The molecule has 2 heterocycles. The molecule has 37 heavy (non-hydrogen) atoms. The van der Waals surface area contributed by atoms with E-state index in [9.17, 15) is 14.7 Å². The third-order valence-electron chi connectivity index (χ3n) is 8.08. The van der Waals surface area contributed by atoms with Gasteiger partial charge >= 0.3 is 0 Å². The molecule has 0 saturated heterocycles. The zero-order chi connectivity index (χ0) is 26.3. The van der Waals surface area contributed by atoms with Crippen LogP contribution in [0.25, 0.3) is 0 Å². The Kier molecular flexibility index (Phi) is 6.68. The molecule has 196 valence electrons. The lowest BCUT2D eigenvalue weighted by atomic mass is 9.86. The molecule has 3 aliphatic rings. The maximum atomic E-state index is 13.5. The number of carbonyl (C=O) groups is 2. The number of nitrogens with zero attached hydrogens (tertiary/aromatic N) is 2. The molecule has 0 fully saturated rings. The van der Waals surface area contributed by atoms with E-state index in [1.807, 2.05) is 38.1 Å². The van der Waals surface area contributed by atoms with E-state index >= 15 is 0 Å². The summed E-state index contributed by atoms with van der Waals surface area (Å²) in [7, 11) is 1.56. The average molecular weight is 507 g/mol. The van der Waals surface area contributed by atoms with Crippen LogP contribution in [0.3, 0.4) is 0 Å². The number of rotatable bonds is 6. The van der Waals surface area contributed by atoms with Crippen molar-refractivity contribution in [2.24, 2.45) is 10.7 Å². The zero-order valence-electron chi connectivity index (χ0n) is 21.4. The predicted molar refractivity (Wildman–Crippen MR) is 138 cm³/mol. The van der Waals surface area contributed by atoms with E-state index < -0.39 is 29.8 Å². The van der Waals surface area contributed by atoms with Crippen LogP contribution in [0.2, 0.25) is 0 Å². The molecule has 2 amide bonds. The Morgan fingerprint density at radius 1 is 1.24 bits per heavy atom. The minimum Gasteiger partial charge on any atom is -0.490 e. The number of hydrogen-bond acceptors (Lipinski definition) is 7. The average Bonchev–Trinajstić information content (AvgIpc) is 3.22. The highest BCUT2D eigenvalue weighted by atomic mass is 16.5. The lowest BCUT2D eigenvalue weighted by Crippen LogP contribution is -2.56. The first kappa shape index (κ1) is 25.2. The van der Waals surface area contributed by atoms with Crippen LogP contribution in [0, 0.1) is 0 Å². The Morgan fingerprint density at radius 2 is 2.00 bits per heavy atom. The Labute approximate surface area is 216 Å². The predicted octanol–water partition coefficient (Wildman–Crippen LogP) is 2.63. The fraction of sp³-hybridized carbons (Fsp3) is 0.464. The number of methoxy groups -OCH3 is 1. The molecule has 0 saturated carbocycles. The minimum absolute atomic E-state index is 0.128. The van der Waals surface area contributed by atoms with Crippen LogP contribution in [0.1, 0.15) is 72.2 Å². The van der Waals surface area contributed by atoms with E-state index in [2.05, 4.69) is 5.32 Å². The monoisotopic (exact) mass is 506 g/mol. The minimum atomic E-state index is -0.702. The summed E-state index contributed by atoms with van der Waals surface area (Å²) >= 11 is 0. The van der Waals surface area contributed by atoms with Crippen LogP contribution in [-0.2, 0) is 16.0 Å². The van der Waals surface area contributed by atoms with E-state index in [1.165, 1.54) is 4.90 Å². The van der Waals surface area contributed by atoms with Gasteiger partial charge in [0.25, 0.3) is 5.91 Å². The van der Waals surface area contributed by atoms with Crippen LogP contribution < -0.4 is 15.8 Å². The van der Waals surface area contributed by atoms with E-state index in [0.717, 1.165) is 11.1 Å². The second-order valence-electron chi connectivity index (χ2n) is 10.0. The SMILES string of the molecule is CCC1(CC)CC(=O)N([C@H]2c3cc(C(=O)N[C@@H]4c5ccccc5C[C@H]4O)ccc3OCC2OC)C(N)=N1. The molecule has 9 nitrogen and oxygen atoms in total. The lowest BCUT2D eigenvalue weighted by molar-refractivity contribution is -0.135. The number of aliphatic hydroxyl groups excluding tert-OH is 1. The Bertz CT molecular complexity index is 1240. The number of nitrogens with two attached hydrogens (primary N) is 1. The van der Waals surface area contributed by atoms with Crippen LogP contribution >= 0.6 is 0 Å². The summed E-state index contributed by atoms with van der Waals surface area (Å²) in [5.41, 5.74) is 8.87. The fourth-order valence-corrected chi connectivity index (χ4v) is 5.78. The molecule has 5 rings (SSSR count). The highest BCUT2D eigenvalue weighted by Crippen LogP contribution is 2.41. The number of nitrogens with one attached hydrogen (secondary N) is 1. The van der Waals surface area contributed by atoms with Gasteiger partial charge in [0, 0.05) is 24.7 Å². The maximum Gasteiger partial charge on any atom is 0.251 e. The van der Waals surface area contributed by atoms with Gasteiger partial charge in [-0.25, -0.2) is 4.99 Å². The summed E-state index contributed by atoms with van der Waals surface area (Å²) in [5.74, 6) is 0.256. The summed E-state index contributed by atoms with van der Waals surface area (Å²) in [6, 6.07) is 11.7. The highest BCUT2D eigenvalue weighted by molar-refractivity contribution is 6.00. The van der Waals surface area contributed by atoms with Gasteiger partial charge in [0.15, 0.2) is 5.96 Å². The van der Waals surface area contributed by atoms with Crippen molar-refractivity contribution in [2.75, 3.05) is 13.7 Å². The number of guanidine groups is 1. The normalized spacial score (nSPS) is 26.1. The molecule has 4 atom stereocenters. The van der Waals surface area contributed by atoms with Crippen molar-refractivity contribution in [3.8, 4) is 5.75 Å². The van der Waals surface area contributed by atoms with Crippen molar-refractivity contribution < 1.29 is 24.2 Å². The van der Waals surface area contributed by atoms with Gasteiger partial charge in [-0.1, -0.05) is 38.1 Å².